The van der Waals surface area contributed by atoms with Crippen LogP contribution in [-0.2, 0) is 0 Å². The Morgan fingerprint density at radius 3 is 1.62 bits per heavy atom. The van der Waals surface area contributed by atoms with E-state index in [0.29, 0.717) is 6.04 Å². The summed E-state index contributed by atoms with van der Waals surface area (Å²) in [4.78, 5) is 5.21. The minimum absolute atomic E-state index is 0.358. The number of hydrogen-bond acceptors (Lipinski definition) is 2. The van der Waals surface area contributed by atoms with Crippen molar-refractivity contribution in [2.75, 3.05) is 30.7 Å². The molecule has 1 aliphatic heterocycles. The standard InChI is InChI=1S/C31H33N2P/c1-5-14-27(15-6-1)33(28-16-7-2-8-17-28)25-24-32-23-13-18-29(32)26-34(30-19-9-3-10-20-30)31-21-11-4-12-22-31/h1-12,14-17,19-22,29H,13,18,23-26H2/t29-/m0/s1. The molecule has 0 unspecified atom stereocenters. The van der Waals surface area contributed by atoms with Gasteiger partial charge < -0.3 is 4.90 Å². The lowest BCUT2D eigenvalue weighted by Crippen LogP contribution is -2.38. The Hall–Kier alpha value is -2.93. The van der Waals surface area contributed by atoms with Crippen LogP contribution in [-0.4, -0.2) is 36.7 Å². The van der Waals surface area contributed by atoms with Crippen LogP contribution in [0.5, 0.6) is 0 Å². The van der Waals surface area contributed by atoms with Gasteiger partial charge in [-0.25, -0.2) is 0 Å². The summed E-state index contributed by atoms with van der Waals surface area (Å²) in [6.07, 6.45) is 3.84. The number of benzene rings is 4. The Bertz CT molecular complexity index is 1040. The molecule has 1 atom stereocenters. The molecule has 4 aromatic rings. The fourth-order valence-corrected chi connectivity index (χ4v) is 7.65. The van der Waals surface area contributed by atoms with Crippen molar-refractivity contribution >= 4 is 29.9 Å². The zero-order valence-electron chi connectivity index (χ0n) is 19.7. The van der Waals surface area contributed by atoms with Gasteiger partial charge in [-0.3, -0.25) is 4.90 Å². The van der Waals surface area contributed by atoms with Crippen LogP contribution in [0, 0.1) is 0 Å². The highest BCUT2D eigenvalue weighted by Crippen LogP contribution is 2.38. The summed E-state index contributed by atoms with van der Waals surface area (Å²) in [7, 11) is -0.358. The minimum Gasteiger partial charge on any atom is -0.340 e. The summed E-state index contributed by atoms with van der Waals surface area (Å²) >= 11 is 0. The average molecular weight is 465 g/mol. The molecule has 5 rings (SSSR count). The van der Waals surface area contributed by atoms with Gasteiger partial charge in [0.05, 0.1) is 0 Å². The predicted molar refractivity (Wildman–Crippen MR) is 148 cm³/mol. The van der Waals surface area contributed by atoms with E-state index in [0.717, 1.165) is 13.1 Å². The van der Waals surface area contributed by atoms with E-state index in [-0.39, 0.29) is 7.92 Å². The molecule has 34 heavy (non-hydrogen) atoms. The molecule has 2 nitrogen and oxygen atoms in total. The van der Waals surface area contributed by atoms with Crippen molar-refractivity contribution in [1.29, 1.82) is 0 Å². The summed E-state index contributed by atoms with van der Waals surface area (Å²) in [5, 5.41) is 2.98. The number of likely N-dealkylation sites (tertiary alicyclic amines) is 1. The first-order valence-corrected chi connectivity index (χ1v) is 13.9. The lowest BCUT2D eigenvalue weighted by molar-refractivity contribution is 0.279. The maximum Gasteiger partial charge on any atom is 0.0411 e. The van der Waals surface area contributed by atoms with E-state index < -0.39 is 0 Å². The highest BCUT2D eigenvalue weighted by molar-refractivity contribution is 7.73. The molecular formula is C31H33N2P. The third kappa shape index (κ3) is 5.58. The monoisotopic (exact) mass is 464 g/mol. The van der Waals surface area contributed by atoms with Gasteiger partial charge in [-0.2, -0.15) is 0 Å². The molecule has 1 saturated heterocycles. The molecule has 4 aromatic carbocycles. The Morgan fingerprint density at radius 1 is 0.647 bits per heavy atom. The second kappa shape index (κ2) is 11.5. The SMILES string of the molecule is c1ccc(N(CCN2CCC[C@H]2CP(c2ccccc2)c2ccccc2)c2ccccc2)cc1. The first-order valence-electron chi connectivity index (χ1n) is 12.4. The highest BCUT2D eigenvalue weighted by atomic mass is 31.1. The van der Waals surface area contributed by atoms with Crippen molar-refractivity contribution in [3.05, 3.63) is 121 Å². The average Bonchev–Trinajstić information content (AvgIpc) is 3.36. The van der Waals surface area contributed by atoms with Crippen LogP contribution >= 0.6 is 7.92 Å². The van der Waals surface area contributed by atoms with E-state index in [1.165, 1.54) is 47.5 Å². The first-order chi connectivity index (χ1) is 16.9. The van der Waals surface area contributed by atoms with E-state index in [4.69, 9.17) is 0 Å². The lowest BCUT2D eigenvalue weighted by Gasteiger charge is -2.32. The topological polar surface area (TPSA) is 6.48 Å². The molecule has 0 N–H and O–H groups in total. The number of nitrogens with zero attached hydrogens (tertiary/aromatic N) is 2. The Labute approximate surface area is 205 Å². The van der Waals surface area contributed by atoms with E-state index in [9.17, 15) is 0 Å². The molecule has 0 amide bonds. The van der Waals surface area contributed by atoms with Gasteiger partial charge in [0.2, 0.25) is 0 Å². The van der Waals surface area contributed by atoms with Gasteiger partial charge in [-0.15, -0.1) is 0 Å². The number of rotatable bonds is 9. The molecule has 1 aliphatic rings. The second-order valence-corrected chi connectivity index (χ2v) is 11.2. The van der Waals surface area contributed by atoms with Crippen LogP contribution < -0.4 is 15.5 Å². The molecule has 1 heterocycles. The number of hydrogen-bond donors (Lipinski definition) is 0. The summed E-state index contributed by atoms with van der Waals surface area (Å²) in [6, 6.07) is 44.6. The predicted octanol–water partition coefficient (Wildman–Crippen LogP) is 6.42. The van der Waals surface area contributed by atoms with Gasteiger partial charge >= 0.3 is 0 Å². The van der Waals surface area contributed by atoms with Crippen LogP contribution in [0.1, 0.15) is 12.8 Å². The van der Waals surface area contributed by atoms with Crippen molar-refractivity contribution in [2.24, 2.45) is 0 Å². The van der Waals surface area contributed by atoms with Crippen molar-refractivity contribution < 1.29 is 0 Å². The van der Waals surface area contributed by atoms with Crippen LogP contribution in [0.4, 0.5) is 11.4 Å². The van der Waals surface area contributed by atoms with Gasteiger partial charge in [0.1, 0.15) is 0 Å². The van der Waals surface area contributed by atoms with Gasteiger partial charge in [-0.1, -0.05) is 97.1 Å². The molecule has 0 spiro atoms. The molecule has 0 bridgehead atoms. The molecular weight excluding hydrogens is 431 g/mol. The van der Waals surface area contributed by atoms with Crippen molar-refractivity contribution in [3.63, 3.8) is 0 Å². The molecule has 0 aromatic heterocycles. The summed E-state index contributed by atoms with van der Waals surface area (Å²) < 4.78 is 0. The normalized spacial score (nSPS) is 16.1. The largest absolute Gasteiger partial charge is 0.340 e. The number of para-hydroxylation sites is 2. The quantitative estimate of drug-likeness (QED) is 0.264. The minimum atomic E-state index is -0.358. The fourth-order valence-electron chi connectivity index (χ4n) is 5.03. The van der Waals surface area contributed by atoms with Crippen molar-refractivity contribution in [3.8, 4) is 0 Å². The summed E-state index contributed by atoms with van der Waals surface area (Å²) in [6.45, 7) is 3.29. The molecule has 172 valence electrons. The molecule has 1 fully saturated rings. The maximum atomic E-state index is 2.75. The highest BCUT2D eigenvalue weighted by Gasteiger charge is 2.28. The van der Waals surface area contributed by atoms with E-state index in [1.54, 1.807) is 0 Å². The smallest absolute Gasteiger partial charge is 0.0411 e. The van der Waals surface area contributed by atoms with Gasteiger partial charge in [0.15, 0.2) is 0 Å². The zero-order valence-corrected chi connectivity index (χ0v) is 20.6. The van der Waals surface area contributed by atoms with Crippen LogP contribution in [0.15, 0.2) is 121 Å². The third-order valence-electron chi connectivity index (χ3n) is 6.77. The molecule has 3 heteroatoms. The van der Waals surface area contributed by atoms with Crippen LogP contribution in [0.25, 0.3) is 0 Å². The van der Waals surface area contributed by atoms with E-state index in [1.807, 2.05) is 0 Å². The molecule has 0 aliphatic carbocycles. The first kappa shape index (κ1) is 22.8. The van der Waals surface area contributed by atoms with Crippen molar-refractivity contribution in [1.82, 2.24) is 4.90 Å². The van der Waals surface area contributed by atoms with Crippen LogP contribution in [0.2, 0.25) is 0 Å². The molecule has 0 saturated carbocycles. The summed E-state index contributed by atoms with van der Waals surface area (Å²) in [5.74, 6) is 0. The van der Waals surface area contributed by atoms with Crippen molar-refractivity contribution in [2.45, 2.75) is 18.9 Å². The lowest BCUT2D eigenvalue weighted by atomic mass is 10.2. The Balaban J connectivity index is 1.33. The third-order valence-corrected chi connectivity index (χ3v) is 9.40. The van der Waals surface area contributed by atoms with Gasteiger partial charge in [0.25, 0.3) is 0 Å². The van der Waals surface area contributed by atoms with Gasteiger partial charge in [0, 0.05) is 30.5 Å². The fraction of sp³-hybridized carbons (Fsp3) is 0.226. The second-order valence-electron chi connectivity index (χ2n) is 8.94. The molecule has 0 radical (unpaired) electrons. The maximum absolute atomic E-state index is 2.75. The van der Waals surface area contributed by atoms with E-state index >= 15 is 0 Å². The summed E-state index contributed by atoms with van der Waals surface area (Å²) in [5.41, 5.74) is 2.53. The van der Waals surface area contributed by atoms with Gasteiger partial charge in [-0.05, 0) is 68.3 Å². The van der Waals surface area contributed by atoms with Crippen LogP contribution in [0.3, 0.4) is 0 Å². The zero-order chi connectivity index (χ0) is 23.0. The Morgan fingerprint density at radius 2 is 1.12 bits per heavy atom. The number of anilines is 2. The van der Waals surface area contributed by atoms with E-state index in [2.05, 4.69) is 131 Å². The Kier molecular flexibility index (Phi) is 7.71.